The topological polar surface area (TPSA) is 59.0 Å². The van der Waals surface area contributed by atoms with Crippen LogP contribution in [-0.2, 0) is 11.8 Å². The minimum absolute atomic E-state index is 0.0761. The van der Waals surface area contributed by atoms with Gasteiger partial charge in [0.2, 0.25) is 5.91 Å². The molecule has 2 aromatic rings. The van der Waals surface area contributed by atoms with E-state index in [0.29, 0.717) is 11.8 Å². The number of nitrogens with zero attached hydrogens (tertiary/aromatic N) is 2. The van der Waals surface area contributed by atoms with Crippen LogP contribution in [0.2, 0.25) is 0 Å². The molecule has 1 aliphatic heterocycles. The number of thioether (sulfide) groups is 1. The molecule has 1 saturated heterocycles. The molecule has 140 valence electrons. The molecule has 3 rings (SSSR count). The molecule has 0 radical (unpaired) electrons. The van der Waals surface area contributed by atoms with Gasteiger partial charge in [0.05, 0.1) is 12.1 Å². The summed E-state index contributed by atoms with van der Waals surface area (Å²) in [6.45, 7) is 8.01. The maximum atomic E-state index is 12.9. The maximum Gasteiger partial charge on any atom is 0.229 e. The van der Waals surface area contributed by atoms with Crippen molar-refractivity contribution in [3.63, 3.8) is 0 Å². The highest BCUT2D eigenvalue weighted by atomic mass is 32.2. The summed E-state index contributed by atoms with van der Waals surface area (Å²) in [5, 5.41) is 11.3. The van der Waals surface area contributed by atoms with Crippen LogP contribution in [0.5, 0.6) is 0 Å². The van der Waals surface area contributed by atoms with Crippen molar-refractivity contribution in [3.8, 4) is 0 Å². The highest BCUT2D eigenvalue weighted by molar-refractivity contribution is 7.99. The first-order chi connectivity index (χ1) is 12.5. The number of amides is 1. The first kappa shape index (κ1) is 19.0. The molecule has 26 heavy (non-hydrogen) atoms. The predicted molar refractivity (Wildman–Crippen MR) is 108 cm³/mol. The molecule has 0 bridgehead atoms. The summed E-state index contributed by atoms with van der Waals surface area (Å²) in [5.74, 6) is 0.172. The lowest BCUT2D eigenvalue weighted by molar-refractivity contribution is -0.119. The number of rotatable bonds is 6. The van der Waals surface area contributed by atoms with Gasteiger partial charge in [-0.05, 0) is 42.7 Å². The molecule has 1 unspecified atom stereocenters. The minimum Gasteiger partial charge on any atom is -0.326 e. The van der Waals surface area contributed by atoms with Crippen molar-refractivity contribution in [1.82, 2.24) is 15.1 Å². The zero-order valence-corrected chi connectivity index (χ0v) is 16.8. The van der Waals surface area contributed by atoms with Crippen LogP contribution in [0.1, 0.15) is 37.3 Å². The molecule has 5 nitrogen and oxygen atoms in total. The Bertz CT molecular complexity index is 773. The van der Waals surface area contributed by atoms with E-state index in [-0.39, 0.29) is 17.7 Å². The van der Waals surface area contributed by atoms with Crippen LogP contribution in [0.3, 0.4) is 0 Å². The number of aryl methyl sites for hydroxylation is 2. The Labute approximate surface area is 159 Å². The van der Waals surface area contributed by atoms with Crippen LogP contribution in [0, 0.1) is 12.8 Å². The van der Waals surface area contributed by atoms with Crippen LogP contribution in [-0.4, -0.2) is 34.0 Å². The molecule has 0 saturated carbocycles. The van der Waals surface area contributed by atoms with Gasteiger partial charge in [0, 0.05) is 48.1 Å². The van der Waals surface area contributed by atoms with E-state index in [1.165, 1.54) is 4.90 Å². The maximum absolute atomic E-state index is 12.9. The average Bonchev–Trinajstić information content (AvgIpc) is 3.25. The van der Waals surface area contributed by atoms with Crippen molar-refractivity contribution >= 4 is 23.4 Å². The summed E-state index contributed by atoms with van der Waals surface area (Å²) in [6, 6.07) is 6.29. The van der Waals surface area contributed by atoms with E-state index in [2.05, 4.69) is 48.6 Å². The van der Waals surface area contributed by atoms with Gasteiger partial charge in [-0.2, -0.15) is 5.10 Å². The fourth-order valence-electron chi connectivity index (χ4n) is 3.33. The molecule has 2 N–H and O–H groups in total. The monoisotopic (exact) mass is 372 g/mol. The van der Waals surface area contributed by atoms with Gasteiger partial charge in [-0.25, -0.2) is 0 Å². The second-order valence-corrected chi connectivity index (χ2v) is 8.63. The SMILES string of the molecule is CCC(C)Sc1ccc(NC(=O)[C@H]2CNC[C@@H]2c2cnn(C)c2)c(C)c1. The third-order valence-electron chi connectivity index (χ3n) is 5.07. The number of benzene rings is 1. The summed E-state index contributed by atoms with van der Waals surface area (Å²) >= 11 is 1.88. The van der Waals surface area contributed by atoms with Gasteiger partial charge in [-0.1, -0.05) is 13.8 Å². The smallest absolute Gasteiger partial charge is 0.229 e. The van der Waals surface area contributed by atoms with Gasteiger partial charge in [0.15, 0.2) is 0 Å². The van der Waals surface area contributed by atoms with Crippen LogP contribution in [0.4, 0.5) is 5.69 Å². The number of anilines is 1. The number of carbonyl (C=O) groups is 1. The fourth-order valence-corrected chi connectivity index (χ4v) is 4.35. The predicted octanol–water partition coefficient (Wildman–Crippen LogP) is 3.56. The standard InChI is InChI=1S/C20H28N4OS/c1-5-14(3)26-16-6-7-19(13(2)8-16)23-20(25)18-11-21-10-17(18)15-9-22-24(4)12-15/h6-9,12,14,17-18,21H,5,10-11H2,1-4H3,(H,23,25)/t14?,17-,18+/m1/s1. The highest BCUT2D eigenvalue weighted by Crippen LogP contribution is 2.31. The first-order valence-electron chi connectivity index (χ1n) is 9.25. The third-order valence-corrected chi connectivity index (χ3v) is 6.33. The van der Waals surface area contributed by atoms with Gasteiger partial charge in [-0.3, -0.25) is 9.48 Å². The summed E-state index contributed by atoms with van der Waals surface area (Å²) < 4.78 is 1.79. The van der Waals surface area contributed by atoms with E-state index < -0.39 is 0 Å². The zero-order valence-electron chi connectivity index (χ0n) is 16.0. The second kappa shape index (κ2) is 8.27. The van der Waals surface area contributed by atoms with Gasteiger partial charge in [-0.15, -0.1) is 11.8 Å². The summed E-state index contributed by atoms with van der Waals surface area (Å²) in [6.07, 6.45) is 5.01. The quantitative estimate of drug-likeness (QED) is 0.761. The molecule has 1 aromatic carbocycles. The number of carbonyl (C=O) groups excluding carboxylic acids is 1. The zero-order chi connectivity index (χ0) is 18.7. The van der Waals surface area contributed by atoms with Gasteiger partial charge < -0.3 is 10.6 Å². The van der Waals surface area contributed by atoms with E-state index in [9.17, 15) is 4.79 Å². The van der Waals surface area contributed by atoms with Crippen LogP contribution < -0.4 is 10.6 Å². The Hall–Kier alpha value is -1.79. The molecule has 2 heterocycles. The van der Waals surface area contributed by atoms with E-state index in [4.69, 9.17) is 0 Å². The molecular weight excluding hydrogens is 344 g/mol. The number of hydrogen-bond acceptors (Lipinski definition) is 4. The molecule has 0 aliphatic carbocycles. The van der Waals surface area contributed by atoms with Gasteiger partial charge in [0.25, 0.3) is 0 Å². The minimum atomic E-state index is -0.0761. The number of aromatic nitrogens is 2. The van der Waals surface area contributed by atoms with E-state index in [0.717, 1.165) is 29.8 Å². The Morgan fingerprint density at radius 3 is 2.92 bits per heavy atom. The van der Waals surface area contributed by atoms with Crippen LogP contribution in [0.15, 0.2) is 35.5 Å². The molecule has 0 spiro atoms. The van der Waals surface area contributed by atoms with Crippen LogP contribution in [0.25, 0.3) is 0 Å². The summed E-state index contributed by atoms with van der Waals surface area (Å²) in [4.78, 5) is 14.1. The fraction of sp³-hybridized carbons (Fsp3) is 0.500. The molecule has 1 aromatic heterocycles. The van der Waals surface area contributed by atoms with Crippen molar-refractivity contribution in [1.29, 1.82) is 0 Å². The molecule has 1 fully saturated rings. The van der Waals surface area contributed by atoms with Crippen molar-refractivity contribution in [2.24, 2.45) is 13.0 Å². The first-order valence-corrected chi connectivity index (χ1v) is 10.1. The molecule has 1 aliphatic rings. The lowest BCUT2D eigenvalue weighted by Crippen LogP contribution is -2.28. The Kier molecular flexibility index (Phi) is 6.04. The number of nitrogens with one attached hydrogen (secondary N) is 2. The van der Waals surface area contributed by atoms with Crippen molar-refractivity contribution in [2.75, 3.05) is 18.4 Å². The van der Waals surface area contributed by atoms with Crippen molar-refractivity contribution in [2.45, 2.75) is 43.3 Å². The van der Waals surface area contributed by atoms with E-state index >= 15 is 0 Å². The molecule has 1 amide bonds. The third kappa shape index (κ3) is 4.30. The molecule has 3 atom stereocenters. The second-order valence-electron chi connectivity index (χ2n) is 7.12. The van der Waals surface area contributed by atoms with Gasteiger partial charge >= 0.3 is 0 Å². The Balaban J connectivity index is 1.69. The van der Waals surface area contributed by atoms with Gasteiger partial charge in [0.1, 0.15) is 0 Å². The Morgan fingerprint density at radius 2 is 2.27 bits per heavy atom. The largest absolute Gasteiger partial charge is 0.326 e. The summed E-state index contributed by atoms with van der Waals surface area (Å²) in [7, 11) is 1.91. The summed E-state index contributed by atoms with van der Waals surface area (Å²) in [5.41, 5.74) is 3.13. The molecular formula is C20H28N4OS. The Morgan fingerprint density at radius 1 is 1.46 bits per heavy atom. The van der Waals surface area contributed by atoms with E-state index in [1.807, 2.05) is 37.3 Å². The van der Waals surface area contributed by atoms with E-state index in [1.54, 1.807) is 4.68 Å². The van der Waals surface area contributed by atoms with Crippen molar-refractivity contribution < 1.29 is 4.79 Å². The molecule has 6 heteroatoms. The lowest BCUT2D eigenvalue weighted by Gasteiger charge is -2.18. The van der Waals surface area contributed by atoms with Crippen molar-refractivity contribution in [3.05, 3.63) is 41.7 Å². The highest BCUT2D eigenvalue weighted by Gasteiger charge is 2.34. The normalized spacial score (nSPS) is 20.9. The lowest BCUT2D eigenvalue weighted by atomic mass is 9.90. The van der Waals surface area contributed by atoms with Crippen LogP contribution >= 0.6 is 11.8 Å². The number of hydrogen-bond donors (Lipinski definition) is 2. The average molecular weight is 373 g/mol.